The first-order chi connectivity index (χ1) is 9.11. The number of thioether (sulfide) groups is 1. The number of nitrogens with zero attached hydrogens (tertiary/aromatic N) is 4. The largest absolute Gasteiger partial charge is 0.368 e. The van der Waals surface area contributed by atoms with Crippen LogP contribution < -0.4 is 5.73 Å². The van der Waals surface area contributed by atoms with Gasteiger partial charge in [-0.15, -0.1) is 10.2 Å². The minimum absolute atomic E-state index is 0.0728. The zero-order valence-corrected chi connectivity index (χ0v) is 11.1. The van der Waals surface area contributed by atoms with Gasteiger partial charge in [-0.25, -0.2) is 0 Å². The van der Waals surface area contributed by atoms with Crippen LogP contribution in [0.4, 0.5) is 11.6 Å². The Labute approximate surface area is 114 Å². The molecule has 100 valence electrons. The average molecular weight is 279 g/mol. The average Bonchev–Trinajstić information content (AvgIpc) is 2.73. The molecule has 8 heteroatoms. The van der Waals surface area contributed by atoms with E-state index in [1.54, 1.807) is 28.5 Å². The van der Waals surface area contributed by atoms with E-state index < -0.39 is 4.92 Å². The number of anilines is 1. The molecule has 0 aliphatic carbocycles. The maximum Gasteiger partial charge on any atom is 0.269 e. The van der Waals surface area contributed by atoms with E-state index in [2.05, 4.69) is 10.2 Å². The first-order valence-electron chi connectivity index (χ1n) is 5.66. The third kappa shape index (κ3) is 3.02. The molecule has 0 radical (unpaired) electrons. The minimum atomic E-state index is -0.421. The number of hydrogen-bond acceptors (Lipinski definition) is 6. The Hall–Kier alpha value is -2.09. The summed E-state index contributed by atoms with van der Waals surface area (Å²) in [5.74, 6) is 1.22. The first kappa shape index (κ1) is 13.3. The van der Waals surface area contributed by atoms with Gasteiger partial charge in [-0.2, -0.15) is 0 Å². The molecule has 0 aliphatic heterocycles. The smallest absolute Gasteiger partial charge is 0.269 e. The van der Waals surface area contributed by atoms with Crippen molar-refractivity contribution in [2.45, 2.75) is 18.6 Å². The zero-order chi connectivity index (χ0) is 13.8. The van der Waals surface area contributed by atoms with Gasteiger partial charge in [0.05, 0.1) is 11.5 Å². The van der Waals surface area contributed by atoms with E-state index in [0.717, 1.165) is 16.5 Å². The monoisotopic (exact) mass is 279 g/mol. The fraction of sp³-hybridized carbons (Fsp3) is 0.273. The second-order valence-corrected chi connectivity index (χ2v) is 5.01. The highest BCUT2D eigenvalue weighted by Gasteiger charge is 2.11. The van der Waals surface area contributed by atoms with Crippen molar-refractivity contribution >= 4 is 23.4 Å². The topological polar surface area (TPSA) is 99.9 Å². The molecule has 0 fully saturated rings. The number of non-ortho nitro benzene ring substituents is 1. The Morgan fingerprint density at radius 2 is 2.05 bits per heavy atom. The van der Waals surface area contributed by atoms with Crippen LogP contribution in [0.3, 0.4) is 0 Å². The second kappa shape index (κ2) is 5.70. The minimum Gasteiger partial charge on any atom is -0.368 e. The van der Waals surface area contributed by atoms with Crippen LogP contribution in [0, 0.1) is 10.1 Å². The summed E-state index contributed by atoms with van der Waals surface area (Å²) in [5, 5.41) is 19.2. The molecular formula is C11H13N5O2S. The SMILES string of the molecule is CCSc1nnc(N)n1Cc1ccc([N+](=O)[O-])cc1. The molecule has 2 N–H and O–H groups in total. The normalized spacial score (nSPS) is 10.6. The number of aromatic nitrogens is 3. The first-order valence-corrected chi connectivity index (χ1v) is 6.65. The molecule has 0 atom stereocenters. The molecule has 0 unspecified atom stereocenters. The third-order valence-corrected chi connectivity index (χ3v) is 3.36. The van der Waals surface area contributed by atoms with Gasteiger partial charge >= 0.3 is 0 Å². The Kier molecular flexibility index (Phi) is 4.00. The van der Waals surface area contributed by atoms with E-state index in [9.17, 15) is 10.1 Å². The molecule has 1 heterocycles. The summed E-state index contributed by atoms with van der Waals surface area (Å²) in [6.07, 6.45) is 0. The van der Waals surface area contributed by atoms with Crippen molar-refractivity contribution in [2.24, 2.45) is 0 Å². The Morgan fingerprint density at radius 1 is 1.37 bits per heavy atom. The summed E-state index contributed by atoms with van der Waals surface area (Å²) in [6, 6.07) is 6.36. The van der Waals surface area contributed by atoms with Crippen molar-refractivity contribution in [3.05, 3.63) is 39.9 Å². The van der Waals surface area contributed by atoms with Crippen molar-refractivity contribution in [1.29, 1.82) is 0 Å². The number of hydrogen-bond donors (Lipinski definition) is 1. The van der Waals surface area contributed by atoms with Gasteiger partial charge in [0.25, 0.3) is 5.69 Å². The van der Waals surface area contributed by atoms with Gasteiger partial charge in [0.2, 0.25) is 5.95 Å². The van der Waals surface area contributed by atoms with E-state index in [1.807, 2.05) is 6.92 Å². The lowest BCUT2D eigenvalue weighted by Crippen LogP contribution is -2.06. The Balaban J connectivity index is 2.21. The van der Waals surface area contributed by atoms with Gasteiger partial charge in [-0.05, 0) is 11.3 Å². The lowest BCUT2D eigenvalue weighted by Gasteiger charge is -2.07. The molecule has 0 saturated carbocycles. The zero-order valence-electron chi connectivity index (χ0n) is 10.3. The van der Waals surface area contributed by atoms with Crippen molar-refractivity contribution in [3.8, 4) is 0 Å². The van der Waals surface area contributed by atoms with Crippen molar-refractivity contribution in [2.75, 3.05) is 11.5 Å². The van der Waals surface area contributed by atoms with Gasteiger partial charge in [-0.1, -0.05) is 30.8 Å². The van der Waals surface area contributed by atoms with Crippen LogP contribution >= 0.6 is 11.8 Å². The summed E-state index contributed by atoms with van der Waals surface area (Å²) in [6.45, 7) is 2.52. The van der Waals surface area contributed by atoms with Gasteiger partial charge in [0, 0.05) is 12.1 Å². The van der Waals surface area contributed by atoms with Crippen LogP contribution in [0.25, 0.3) is 0 Å². The molecule has 0 amide bonds. The van der Waals surface area contributed by atoms with Crippen LogP contribution in [0.5, 0.6) is 0 Å². The van der Waals surface area contributed by atoms with E-state index >= 15 is 0 Å². The highest BCUT2D eigenvalue weighted by Crippen LogP contribution is 2.20. The molecule has 7 nitrogen and oxygen atoms in total. The predicted octanol–water partition coefficient (Wildman–Crippen LogP) is 1.93. The van der Waals surface area contributed by atoms with E-state index in [4.69, 9.17) is 5.73 Å². The van der Waals surface area contributed by atoms with E-state index in [1.165, 1.54) is 12.1 Å². The number of nitro benzene ring substituents is 1. The molecule has 19 heavy (non-hydrogen) atoms. The van der Waals surface area contributed by atoms with Crippen molar-refractivity contribution in [1.82, 2.24) is 14.8 Å². The number of nitro groups is 1. The standard InChI is InChI=1S/C11H13N5O2S/c1-2-19-11-14-13-10(12)15(11)7-8-3-5-9(6-4-8)16(17)18/h3-6H,2,7H2,1H3,(H2,12,13). The van der Waals surface area contributed by atoms with Crippen LogP contribution in [-0.4, -0.2) is 25.4 Å². The molecule has 1 aromatic heterocycles. The highest BCUT2D eigenvalue weighted by molar-refractivity contribution is 7.99. The molecule has 0 aliphatic rings. The molecular weight excluding hydrogens is 266 g/mol. The van der Waals surface area contributed by atoms with E-state index in [-0.39, 0.29) is 5.69 Å². The number of nitrogen functional groups attached to an aromatic ring is 1. The Morgan fingerprint density at radius 3 is 2.63 bits per heavy atom. The molecule has 0 bridgehead atoms. The van der Waals surface area contributed by atoms with Gasteiger partial charge < -0.3 is 5.73 Å². The molecule has 2 rings (SSSR count). The maximum atomic E-state index is 10.6. The molecule has 1 aromatic carbocycles. The van der Waals surface area contributed by atoms with Crippen LogP contribution in [-0.2, 0) is 6.54 Å². The number of rotatable bonds is 5. The number of nitrogens with two attached hydrogens (primary N) is 1. The fourth-order valence-electron chi connectivity index (χ4n) is 1.59. The van der Waals surface area contributed by atoms with Gasteiger partial charge in [-0.3, -0.25) is 14.7 Å². The summed E-state index contributed by atoms with van der Waals surface area (Å²) in [5.41, 5.74) is 6.75. The van der Waals surface area contributed by atoms with Gasteiger partial charge in [0.1, 0.15) is 0 Å². The van der Waals surface area contributed by atoms with Crippen molar-refractivity contribution in [3.63, 3.8) is 0 Å². The van der Waals surface area contributed by atoms with Gasteiger partial charge in [0.15, 0.2) is 5.16 Å². The number of benzene rings is 1. The van der Waals surface area contributed by atoms with Crippen molar-refractivity contribution < 1.29 is 4.92 Å². The van der Waals surface area contributed by atoms with Crippen LogP contribution in [0.15, 0.2) is 29.4 Å². The predicted molar refractivity (Wildman–Crippen MR) is 73.0 cm³/mol. The highest BCUT2D eigenvalue weighted by atomic mass is 32.2. The Bertz CT molecular complexity index is 581. The summed E-state index contributed by atoms with van der Waals surface area (Å²) in [4.78, 5) is 10.2. The fourth-order valence-corrected chi connectivity index (χ4v) is 2.26. The molecule has 0 spiro atoms. The maximum absolute atomic E-state index is 10.6. The lowest BCUT2D eigenvalue weighted by molar-refractivity contribution is -0.384. The quantitative estimate of drug-likeness (QED) is 0.510. The summed E-state index contributed by atoms with van der Waals surface area (Å²) >= 11 is 1.55. The van der Waals surface area contributed by atoms with E-state index in [0.29, 0.717) is 12.5 Å². The summed E-state index contributed by atoms with van der Waals surface area (Å²) in [7, 11) is 0. The van der Waals surface area contributed by atoms with Crippen LogP contribution in [0.1, 0.15) is 12.5 Å². The van der Waals surface area contributed by atoms with Crippen LogP contribution in [0.2, 0.25) is 0 Å². The second-order valence-electron chi connectivity index (χ2n) is 3.78. The lowest BCUT2D eigenvalue weighted by atomic mass is 10.2. The molecule has 0 saturated heterocycles. The molecule has 2 aromatic rings. The summed E-state index contributed by atoms with van der Waals surface area (Å²) < 4.78 is 1.79. The third-order valence-electron chi connectivity index (χ3n) is 2.51.